The van der Waals surface area contributed by atoms with Crippen LogP contribution in [0.3, 0.4) is 0 Å². The van der Waals surface area contributed by atoms with Crippen molar-refractivity contribution in [2.75, 3.05) is 0 Å². The number of aliphatic hydroxyl groups excluding tert-OH is 1. The van der Waals surface area contributed by atoms with Gasteiger partial charge in [-0.2, -0.15) is 0 Å². The highest BCUT2D eigenvalue weighted by Gasteiger charge is 2.02. The van der Waals surface area contributed by atoms with Gasteiger partial charge in [0.15, 0.2) is 0 Å². The third kappa shape index (κ3) is 2.28. The van der Waals surface area contributed by atoms with Crippen molar-refractivity contribution in [1.29, 1.82) is 0 Å². The van der Waals surface area contributed by atoms with Gasteiger partial charge in [-0.05, 0) is 29.7 Å². The van der Waals surface area contributed by atoms with Crippen LogP contribution in [0.25, 0.3) is 10.4 Å². The zero-order chi connectivity index (χ0) is 10.7. The molecule has 1 aromatic heterocycles. The van der Waals surface area contributed by atoms with Crippen LogP contribution < -0.4 is 0 Å². The van der Waals surface area contributed by atoms with Crippen LogP contribution in [0.5, 0.6) is 0 Å². The number of benzene rings is 1. The Morgan fingerprint density at radius 2 is 2.07 bits per heavy atom. The minimum Gasteiger partial charge on any atom is -0.391 e. The number of thiophene rings is 1. The summed E-state index contributed by atoms with van der Waals surface area (Å²) in [6.45, 7) is 2.30. The van der Waals surface area contributed by atoms with E-state index in [1.54, 1.807) is 11.3 Å². The molecule has 0 atom stereocenters. The average Bonchev–Trinajstić information content (AvgIpc) is 2.78. The van der Waals surface area contributed by atoms with Gasteiger partial charge in [0.25, 0.3) is 0 Å². The molecule has 1 aromatic carbocycles. The molecule has 0 aliphatic rings. The van der Waals surface area contributed by atoms with Gasteiger partial charge in [0.05, 0.1) is 6.61 Å². The fraction of sp³-hybridized carbons (Fsp3) is 0.231. The fourth-order valence-corrected chi connectivity index (χ4v) is 2.43. The SMILES string of the molecule is CCc1cccc(-c2ccc(CO)s2)c1. The lowest BCUT2D eigenvalue weighted by Gasteiger charge is -2.00. The van der Waals surface area contributed by atoms with Crippen LogP contribution >= 0.6 is 11.3 Å². The smallest absolute Gasteiger partial charge is 0.0774 e. The van der Waals surface area contributed by atoms with E-state index in [1.165, 1.54) is 16.0 Å². The molecule has 1 heterocycles. The Hall–Kier alpha value is -1.12. The lowest BCUT2D eigenvalue weighted by Crippen LogP contribution is -1.79. The summed E-state index contributed by atoms with van der Waals surface area (Å²) in [5.41, 5.74) is 2.60. The van der Waals surface area contributed by atoms with Crippen molar-refractivity contribution >= 4 is 11.3 Å². The van der Waals surface area contributed by atoms with Gasteiger partial charge in [-0.3, -0.25) is 0 Å². The van der Waals surface area contributed by atoms with Crippen molar-refractivity contribution < 1.29 is 5.11 Å². The maximum absolute atomic E-state index is 9.01. The average molecular weight is 218 g/mol. The second kappa shape index (κ2) is 4.60. The van der Waals surface area contributed by atoms with Crippen LogP contribution in [0.2, 0.25) is 0 Å². The molecule has 1 nitrogen and oxygen atoms in total. The Morgan fingerprint density at radius 3 is 2.73 bits per heavy atom. The monoisotopic (exact) mass is 218 g/mol. The van der Waals surface area contributed by atoms with Crippen molar-refractivity contribution in [3.8, 4) is 10.4 Å². The largest absolute Gasteiger partial charge is 0.391 e. The number of hydrogen-bond acceptors (Lipinski definition) is 2. The maximum Gasteiger partial charge on any atom is 0.0774 e. The predicted octanol–water partition coefficient (Wildman–Crippen LogP) is 3.47. The minimum atomic E-state index is 0.137. The van der Waals surface area contributed by atoms with Crippen molar-refractivity contribution in [1.82, 2.24) is 0 Å². The molecule has 0 aliphatic carbocycles. The number of aliphatic hydroxyl groups is 1. The molecule has 2 rings (SSSR count). The molecule has 0 saturated heterocycles. The first kappa shape index (κ1) is 10.4. The van der Waals surface area contributed by atoms with Crippen molar-refractivity contribution in [2.24, 2.45) is 0 Å². The first-order valence-electron chi connectivity index (χ1n) is 5.12. The normalized spacial score (nSPS) is 10.5. The van der Waals surface area contributed by atoms with Gasteiger partial charge < -0.3 is 5.11 Å². The molecule has 0 bridgehead atoms. The minimum absolute atomic E-state index is 0.137. The van der Waals surface area contributed by atoms with Gasteiger partial charge in [-0.25, -0.2) is 0 Å². The van der Waals surface area contributed by atoms with E-state index in [1.807, 2.05) is 6.07 Å². The summed E-state index contributed by atoms with van der Waals surface area (Å²) in [6, 6.07) is 12.6. The lowest BCUT2D eigenvalue weighted by atomic mass is 10.1. The summed E-state index contributed by atoms with van der Waals surface area (Å²) in [5.74, 6) is 0. The lowest BCUT2D eigenvalue weighted by molar-refractivity contribution is 0.285. The summed E-state index contributed by atoms with van der Waals surface area (Å²) in [4.78, 5) is 2.25. The van der Waals surface area contributed by atoms with E-state index in [0.29, 0.717) is 0 Å². The van der Waals surface area contributed by atoms with Crippen LogP contribution in [0, 0.1) is 0 Å². The van der Waals surface area contributed by atoms with Gasteiger partial charge in [-0.15, -0.1) is 11.3 Å². The fourth-order valence-electron chi connectivity index (χ4n) is 1.56. The molecular weight excluding hydrogens is 204 g/mol. The van der Waals surface area contributed by atoms with E-state index in [-0.39, 0.29) is 6.61 Å². The highest BCUT2D eigenvalue weighted by atomic mass is 32.1. The molecule has 2 aromatic rings. The topological polar surface area (TPSA) is 20.2 Å². The molecule has 78 valence electrons. The highest BCUT2D eigenvalue weighted by molar-refractivity contribution is 7.15. The van der Waals surface area contributed by atoms with Crippen molar-refractivity contribution in [2.45, 2.75) is 20.0 Å². The van der Waals surface area contributed by atoms with Gasteiger partial charge in [0.2, 0.25) is 0 Å². The van der Waals surface area contributed by atoms with Crippen LogP contribution in [0.1, 0.15) is 17.4 Å². The van der Waals surface area contributed by atoms with E-state index in [4.69, 9.17) is 5.11 Å². The summed E-state index contributed by atoms with van der Waals surface area (Å²) in [7, 11) is 0. The number of aryl methyl sites for hydroxylation is 1. The molecule has 2 heteroatoms. The zero-order valence-corrected chi connectivity index (χ0v) is 9.55. The van der Waals surface area contributed by atoms with Crippen molar-refractivity contribution in [3.63, 3.8) is 0 Å². The third-order valence-electron chi connectivity index (χ3n) is 2.44. The van der Waals surface area contributed by atoms with E-state index < -0.39 is 0 Å². The van der Waals surface area contributed by atoms with Gasteiger partial charge in [0, 0.05) is 9.75 Å². The van der Waals surface area contributed by atoms with Gasteiger partial charge >= 0.3 is 0 Å². The Morgan fingerprint density at radius 1 is 1.20 bits per heavy atom. The third-order valence-corrected chi connectivity index (χ3v) is 3.56. The Balaban J connectivity index is 2.35. The Labute approximate surface area is 94.0 Å². The summed E-state index contributed by atoms with van der Waals surface area (Å²) in [6.07, 6.45) is 1.06. The van der Waals surface area contributed by atoms with Crippen LogP contribution in [-0.2, 0) is 13.0 Å². The van der Waals surface area contributed by atoms with E-state index in [9.17, 15) is 0 Å². The van der Waals surface area contributed by atoms with Gasteiger partial charge in [0.1, 0.15) is 0 Å². The molecule has 0 amide bonds. The Kier molecular flexibility index (Phi) is 3.19. The van der Waals surface area contributed by atoms with Crippen molar-refractivity contribution in [3.05, 3.63) is 46.8 Å². The van der Waals surface area contributed by atoms with E-state index in [2.05, 4.69) is 37.3 Å². The summed E-state index contributed by atoms with van der Waals surface area (Å²) >= 11 is 1.66. The van der Waals surface area contributed by atoms with Crippen LogP contribution in [-0.4, -0.2) is 5.11 Å². The molecule has 1 N–H and O–H groups in total. The zero-order valence-electron chi connectivity index (χ0n) is 8.73. The second-order valence-electron chi connectivity index (χ2n) is 3.48. The van der Waals surface area contributed by atoms with Gasteiger partial charge in [-0.1, -0.05) is 31.2 Å². The Bertz CT molecular complexity index is 445. The molecule has 0 aliphatic heterocycles. The maximum atomic E-state index is 9.01. The van der Waals surface area contributed by atoms with E-state index in [0.717, 1.165) is 11.3 Å². The first-order valence-corrected chi connectivity index (χ1v) is 5.94. The highest BCUT2D eigenvalue weighted by Crippen LogP contribution is 2.28. The quantitative estimate of drug-likeness (QED) is 0.836. The molecule has 0 radical (unpaired) electrons. The molecule has 15 heavy (non-hydrogen) atoms. The molecule has 0 unspecified atom stereocenters. The number of hydrogen-bond donors (Lipinski definition) is 1. The predicted molar refractivity (Wildman–Crippen MR) is 65.1 cm³/mol. The van der Waals surface area contributed by atoms with Crippen LogP contribution in [0.15, 0.2) is 36.4 Å². The second-order valence-corrected chi connectivity index (χ2v) is 4.65. The molecule has 0 saturated carbocycles. The first-order chi connectivity index (χ1) is 7.33. The standard InChI is InChI=1S/C13H14OS/c1-2-10-4-3-5-11(8-10)13-7-6-12(9-14)15-13/h3-8,14H,2,9H2,1H3. The summed E-state index contributed by atoms with van der Waals surface area (Å²) in [5, 5.41) is 9.01. The molecule has 0 fully saturated rings. The number of rotatable bonds is 3. The van der Waals surface area contributed by atoms with E-state index >= 15 is 0 Å². The van der Waals surface area contributed by atoms with Crippen LogP contribution in [0.4, 0.5) is 0 Å². The summed E-state index contributed by atoms with van der Waals surface area (Å²) < 4.78 is 0. The molecule has 0 spiro atoms. The molecular formula is C13H14OS.